The summed E-state index contributed by atoms with van der Waals surface area (Å²) in [6, 6.07) is 23.8. The molecule has 2 N–H and O–H groups in total. The van der Waals surface area contributed by atoms with Gasteiger partial charge in [-0.05, 0) is 51.3 Å². The van der Waals surface area contributed by atoms with Gasteiger partial charge in [-0.1, -0.05) is 60.1 Å². The Morgan fingerprint density at radius 2 is 1.69 bits per heavy atom. The Kier molecular flexibility index (Phi) is 7.90. The standard InChI is InChI=1S/C29H23BrClN5O3/c1-39-29(38)21-9-5-8-20(13-21)28(37)33-16-19-7-4-6-18(12-19)15-32-26-14-25(22-10-2-3-11-24(22)31)35-27-23(30)17-34-36(26)27/h2-14,17,32H,15-16H2,1H3,(H,33,37). The van der Waals surface area contributed by atoms with Crippen molar-refractivity contribution in [3.8, 4) is 11.3 Å². The SMILES string of the molecule is COC(=O)c1cccc(C(=O)NCc2cccc(CNc3cc(-c4ccccc4Cl)nc4c(Br)cnn34)c2)c1. The fraction of sp³-hybridized carbons (Fsp3) is 0.103. The van der Waals surface area contributed by atoms with Crippen molar-refractivity contribution in [2.75, 3.05) is 12.4 Å². The van der Waals surface area contributed by atoms with Crippen molar-refractivity contribution in [3.05, 3.63) is 117 Å². The van der Waals surface area contributed by atoms with Crippen molar-refractivity contribution < 1.29 is 14.3 Å². The number of rotatable bonds is 8. The molecular weight excluding hydrogens is 582 g/mol. The lowest BCUT2D eigenvalue weighted by atomic mass is 10.1. The topological polar surface area (TPSA) is 97.6 Å². The number of fused-ring (bicyclic) bond motifs is 1. The fourth-order valence-corrected chi connectivity index (χ4v) is 4.68. The Hall–Kier alpha value is -4.21. The number of hydrogen-bond donors (Lipinski definition) is 2. The number of amides is 1. The van der Waals surface area contributed by atoms with Crippen LogP contribution in [-0.4, -0.2) is 33.6 Å². The van der Waals surface area contributed by atoms with Gasteiger partial charge < -0.3 is 15.4 Å². The molecule has 39 heavy (non-hydrogen) atoms. The lowest BCUT2D eigenvalue weighted by Crippen LogP contribution is -2.23. The number of carbonyl (C=O) groups is 2. The van der Waals surface area contributed by atoms with E-state index in [0.717, 1.165) is 32.7 Å². The summed E-state index contributed by atoms with van der Waals surface area (Å²) in [5.41, 5.74) is 4.89. The van der Waals surface area contributed by atoms with E-state index in [4.69, 9.17) is 21.3 Å². The van der Waals surface area contributed by atoms with Crippen molar-refractivity contribution in [1.29, 1.82) is 0 Å². The summed E-state index contributed by atoms with van der Waals surface area (Å²) in [4.78, 5) is 29.2. The third-order valence-electron chi connectivity index (χ3n) is 6.04. The Balaban J connectivity index is 1.30. The first-order chi connectivity index (χ1) is 18.9. The van der Waals surface area contributed by atoms with Crippen LogP contribution in [0.15, 0.2) is 89.5 Å². The van der Waals surface area contributed by atoms with Crippen molar-refractivity contribution in [1.82, 2.24) is 19.9 Å². The molecule has 8 nitrogen and oxygen atoms in total. The molecule has 0 fully saturated rings. The molecule has 0 aliphatic rings. The third kappa shape index (κ3) is 5.94. The van der Waals surface area contributed by atoms with Gasteiger partial charge in [0.1, 0.15) is 5.82 Å². The highest BCUT2D eigenvalue weighted by Gasteiger charge is 2.14. The highest BCUT2D eigenvalue weighted by atomic mass is 79.9. The highest BCUT2D eigenvalue weighted by Crippen LogP contribution is 2.30. The van der Waals surface area contributed by atoms with E-state index in [0.29, 0.717) is 34.9 Å². The number of anilines is 1. The average molecular weight is 605 g/mol. The Morgan fingerprint density at radius 3 is 2.49 bits per heavy atom. The minimum atomic E-state index is -0.488. The maximum absolute atomic E-state index is 12.7. The number of nitrogens with one attached hydrogen (secondary N) is 2. The summed E-state index contributed by atoms with van der Waals surface area (Å²) in [7, 11) is 1.31. The fourth-order valence-electron chi connectivity index (χ4n) is 4.10. The molecule has 0 aliphatic heterocycles. The van der Waals surface area contributed by atoms with Gasteiger partial charge in [0.15, 0.2) is 5.65 Å². The second-order valence-electron chi connectivity index (χ2n) is 8.66. The molecule has 0 spiro atoms. The second-order valence-corrected chi connectivity index (χ2v) is 9.92. The van der Waals surface area contributed by atoms with Crippen molar-refractivity contribution in [2.24, 2.45) is 0 Å². The number of ether oxygens (including phenoxy) is 1. The van der Waals surface area contributed by atoms with E-state index in [2.05, 4.69) is 31.7 Å². The Bertz CT molecular complexity index is 1690. The molecule has 2 aromatic heterocycles. The summed E-state index contributed by atoms with van der Waals surface area (Å²) in [6.45, 7) is 0.846. The molecule has 5 rings (SSSR count). The third-order valence-corrected chi connectivity index (χ3v) is 6.93. The van der Waals surface area contributed by atoms with E-state index in [1.807, 2.05) is 54.6 Å². The van der Waals surface area contributed by atoms with E-state index in [-0.39, 0.29) is 5.91 Å². The van der Waals surface area contributed by atoms with Crippen LogP contribution in [0.3, 0.4) is 0 Å². The maximum atomic E-state index is 12.7. The van der Waals surface area contributed by atoms with E-state index < -0.39 is 5.97 Å². The molecule has 5 aromatic rings. The van der Waals surface area contributed by atoms with Crippen LogP contribution in [0.2, 0.25) is 5.02 Å². The molecular formula is C29H23BrClN5O3. The van der Waals surface area contributed by atoms with Crippen molar-refractivity contribution >= 4 is 50.9 Å². The van der Waals surface area contributed by atoms with Crippen LogP contribution in [0.1, 0.15) is 31.8 Å². The Labute approximate surface area is 238 Å². The Morgan fingerprint density at radius 1 is 0.949 bits per heavy atom. The molecule has 0 radical (unpaired) electrons. The molecule has 1 amide bonds. The first-order valence-corrected chi connectivity index (χ1v) is 13.2. The van der Waals surface area contributed by atoms with Gasteiger partial charge in [-0.3, -0.25) is 4.79 Å². The summed E-state index contributed by atoms with van der Waals surface area (Å²) in [5.74, 6) is -0.0117. The zero-order chi connectivity index (χ0) is 27.4. The van der Waals surface area contributed by atoms with Crippen LogP contribution in [0.4, 0.5) is 5.82 Å². The van der Waals surface area contributed by atoms with Gasteiger partial charge >= 0.3 is 5.97 Å². The second kappa shape index (κ2) is 11.7. The summed E-state index contributed by atoms with van der Waals surface area (Å²) in [5, 5.41) is 11.4. The van der Waals surface area contributed by atoms with Gasteiger partial charge in [0.05, 0.1) is 29.0 Å². The number of methoxy groups -OCH3 is 1. The minimum absolute atomic E-state index is 0.278. The molecule has 0 saturated carbocycles. The molecule has 196 valence electrons. The van der Waals surface area contributed by atoms with Gasteiger partial charge in [0.25, 0.3) is 5.91 Å². The van der Waals surface area contributed by atoms with Crippen molar-refractivity contribution in [2.45, 2.75) is 13.1 Å². The number of nitrogens with zero attached hydrogens (tertiary/aromatic N) is 3. The molecule has 3 aromatic carbocycles. The van der Waals surface area contributed by atoms with E-state index in [1.165, 1.54) is 13.2 Å². The number of carbonyl (C=O) groups excluding carboxylic acids is 2. The van der Waals surface area contributed by atoms with E-state index in [1.54, 1.807) is 28.9 Å². The van der Waals surface area contributed by atoms with Crippen LogP contribution in [0.25, 0.3) is 16.9 Å². The van der Waals surface area contributed by atoms with Crippen LogP contribution in [0, 0.1) is 0 Å². The van der Waals surface area contributed by atoms with E-state index in [9.17, 15) is 9.59 Å². The lowest BCUT2D eigenvalue weighted by Gasteiger charge is -2.13. The molecule has 0 unspecified atom stereocenters. The van der Waals surface area contributed by atoms with Crippen molar-refractivity contribution in [3.63, 3.8) is 0 Å². The smallest absolute Gasteiger partial charge is 0.337 e. The number of aromatic nitrogens is 3. The van der Waals surface area contributed by atoms with Gasteiger partial charge in [-0.2, -0.15) is 9.61 Å². The predicted molar refractivity (Wildman–Crippen MR) is 154 cm³/mol. The van der Waals surface area contributed by atoms with Crippen LogP contribution in [0.5, 0.6) is 0 Å². The molecule has 2 heterocycles. The normalized spacial score (nSPS) is 10.8. The number of hydrogen-bond acceptors (Lipinski definition) is 6. The molecule has 0 aliphatic carbocycles. The molecule has 0 atom stereocenters. The van der Waals surface area contributed by atoms with Crippen LogP contribution >= 0.6 is 27.5 Å². The summed E-state index contributed by atoms with van der Waals surface area (Å²) < 4.78 is 7.24. The monoisotopic (exact) mass is 603 g/mol. The number of halogens is 2. The van der Waals surface area contributed by atoms with Gasteiger partial charge in [0, 0.05) is 35.3 Å². The maximum Gasteiger partial charge on any atom is 0.337 e. The number of esters is 1. The predicted octanol–water partition coefficient (Wildman–Crippen LogP) is 6.14. The van der Waals surface area contributed by atoms with Gasteiger partial charge in [-0.15, -0.1) is 0 Å². The van der Waals surface area contributed by atoms with Gasteiger partial charge in [0.2, 0.25) is 0 Å². The zero-order valence-corrected chi connectivity index (χ0v) is 23.2. The zero-order valence-electron chi connectivity index (χ0n) is 20.8. The number of benzene rings is 3. The summed E-state index contributed by atoms with van der Waals surface area (Å²) >= 11 is 9.97. The molecule has 0 bridgehead atoms. The van der Waals surface area contributed by atoms with E-state index >= 15 is 0 Å². The molecule has 10 heteroatoms. The highest BCUT2D eigenvalue weighted by molar-refractivity contribution is 9.10. The first-order valence-electron chi connectivity index (χ1n) is 12.0. The molecule has 0 saturated heterocycles. The lowest BCUT2D eigenvalue weighted by molar-refractivity contribution is 0.0600. The minimum Gasteiger partial charge on any atom is -0.465 e. The average Bonchev–Trinajstić information content (AvgIpc) is 3.35. The van der Waals surface area contributed by atoms with Crippen LogP contribution in [-0.2, 0) is 17.8 Å². The first kappa shape index (κ1) is 26.4. The van der Waals surface area contributed by atoms with Gasteiger partial charge in [-0.25, -0.2) is 9.78 Å². The largest absolute Gasteiger partial charge is 0.465 e. The summed E-state index contributed by atoms with van der Waals surface area (Å²) in [6.07, 6.45) is 1.70. The quantitative estimate of drug-likeness (QED) is 0.207. The van der Waals surface area contributed by atoms with Crippen LogP contribution < -0.4 is 10.6 Å².